The highest BCUT2D eigenvalue weighted by atomic mass is 32.1. The van der Waals surface area contributed by atoms with Gasteiger partial charge in [-0.05, 0) is 65.9 Å². The Kier molecular flexibility index (Phi) is 6.43. The van der Waals surface area contributed by atoms with Crippen LogP contribution >= 0.6 is 23.6 Å². The zero-order chi connectivity index (χ0) is 22.8. The first-order valence-electron chi connectivity index (χ1n) is 11.0. The molecule has 9 nitrogen and oxygen atoms in total. The first-order valence-corrected chi connectivity index (χ1v) is 12.3. The van der Waals surface area contributed by atoms with Crippen LogP contribution in [0.2, 0.25) is 0 Å². The van der Waals surface area contributed by atoms with E-state index < -0.39 is 0 Å². The molecule has 1 fully saturated rings. The molecule has 2 aromatic heterocycles. The van der Waals surface area contributed by atoms with Gasteiger partial charge in [0.25, 0.3) is 0 Å². The normalized spacial score (nSPS) is 16.2. The van der Waals surface area contributed by atoms with Crippen LogP contribution in [0, 0.1) is 0 Å². The molecule has 3 heterocycles. The lowest BCUT2D eigenvalue weighted by Gasteiger charge is -2.28. The third-order valence-electron chi connectivity index (χ3n) is 6.03. The third kappa shape index (κ3) is 4.40. The van der Waals surface area contributed by atoms with Crippen molar-refractivity contribution in [2.75, 3.05) is 48.9 Å². The Labute approximate surface area is 200 Å². The number of carbonyl (C=O) groups is 1. The summed E-state index contributed by atoms with van der Waals surface area (Å²) in [6.45, 7) is 2.92. The highest BCUT2D eigenvalue weighted by molar-refractivity contribution is 7.80. The lowest BCUT2D eigenvalue weighted by atomic mass is 10.1. The Morgan fingerprint density at radius 3 is 2.73 bits per heavy atom. The Hall–Kier alpha value is -2.76. The van der Waals surface area contributed by atoms with Gasteiger partial charge in [0.05, 0.1) is 37.3 Å². The van der Waals surface area contributed by atoms with E-state index in [0.29, 0.717) is 45.6 Å². The van der Waals surface area contributed by atoms with E-state index in [9.17, 15) is 4.79 Å². The van der Waals surface area contributed by atoms with Crippen molar-refractivity contribution in [2.45, 2.75) is 32.1 Å². The Bertz CT molecular complexity index is 1190. The molecule has 1 aliphatic carbocycles. The SMILES string of the molecule is COC(=O)c1c(NC(=S)Nc2ccc(N3CCOCC3)c3nonc23)sc2c1CCCCC2. The van der Waals surface area contributed by atoms with E-state index in [1.54, 1.807) is 11.3 Å². The number of hydrogen-bond acceptors (Lipinski definition) is 9. The van der Waals surface area contributed by atoms with E-state index in [0.717, 1.165) is 50.0 Å². The maximum atomic E-state index is 12.6. The summed E-state index contributed by atoms with van der Waals surface area (Å²) in [6.07, 6.45) is 5.23. The molecule has 3 aromatic rings. The van der Waals surface area contributed by atoms with Gasteiger partial charge in [0, 0.05) is 18.0 Å². The number of methoxy groups -OCH3 is 1. The third-order valence-corrected chi connectivity index (χ3v) is 7.44. The van der Waals surface area contributed by atoms with Crippen LogP contribution in [0.15, 0.2) is 16.8 Å². The van der Waals surface area contributed by atoms with E-state index in [1.807, 2.05) is 12.1 Å². The van der Waals surface area contributed by atoms with Crippen LogP contribution in [0.1, 0.15) is 40.1 Å². The molecule has 174 valence electrons. The maximum absolute atomic E-state index is 12.6. The van der Waals surface area contributed by atoms with Gasteiger partial charge in [-0.1, -0.05) is 6.42 Å². The molecule has 5 rings (SSSR count). The second-order valence-electron chi connectivity index (χ2n) is 8.03. The Balaban J connectivity index is 1.39. The molecule has 0 spiro atoms. The average molecular weight is 488 g/mol. The number of fused-ring (bicyclic) bond motifs is 2. The quantitative estimate of drug-likeness (QED) is 0.319. The zero-order valence-electron chi connectivity index (χ0n) is 18.3. The van der Waals surface area contributed by atoms with Crippen molar-refractivity contribution in [1.29, 1.82) is 0 Å². The number of rotatable bonds is 4. The van der Waals surface area contributed by atoms with Crippen molar-refractivity contribution in [3.8, 4) is 0 Å². The summed E-state index contributed by atoms with van der Waals surface area (Å²) >= 11 is 7.17. The molecular formula is C22H25N5O4S2. The van der Waals surface area contributed by atoms with Crippen molar-refractivity contribution in [2.24, 2.45) is 0 Å². The molecule has 0 bridgehead atoms. The molecule has 11 heteroatoms. The fourth-order valence-corrected chi connectivity index (χ4v) is 5.98. The van der Waals surface area contributed by atoms with Crippen LogP contribution in [0.25, 0.3) is 11.0 Å². The number of carbonyl (C=O) groups excluding carboxylic acids is 1. The number of benzene rings is 1. The number of hydrogen-bond donors (Lipinski definition) is 2. The summed E-state index contributed by atoms with van der Waals surface area (Å²) in [7, 11) is 1.41. The van der Waals surface area contributed by atoms with Crippen LogP contribution in [0.4, 0.5) is 16.4 Å². The predicted molar refractivity (Wildman–Crippen MR) is 132 cm³/mol. The monoisotopic (exact) mass is 487 g/mol. The molecule has 1 aliphatic heterocycles. The van der Waals surface area contributed by atoms with Gasteiger partial charge >= 0.3 is 5.97 Å². The highest BCUT2D eigenvalue weighted by Crippen LogP contribution is 2.38. The average Bonchev–Trinajstić information content (AvgIpc) is 3.38. The van der Waals surface area contributed by atoms with Crippen LogP contribution < -0.4 is 15.5 Å². The lowest BCUT2D eigenvalue weighted by Crippen LogP contribution is -2.36. The molecule has 0 unspecified atom stereocenters. The largest absolute Gasteiger partial charge is 0.465 e. The number of thiophene rings is 1. The van der Waals surface area contributed by atoms with E-state index in [-0.39, 0.29) is 5.97 Å². The number of thiocarbonyl (C=S) groups is 1. The summed E-state index contributed by atoms with van der Waals surface area (Å²) in [5.41, 5.74) is 4.58. The predicted octanol–water partition coefficient (Wildman–Crippen LogP) is 3.99. The van der Waals surface area contributed by atoms with Gasteiger partial charge < -0.3 is 25.0 Å². The summed E-state index contributed by atoms with van der Waals surface area (Å²) in [5.74, 6) is -0.336. The van der Waals surface area contributed by atoms with E-state index in [4.69, 9.17) is 26.3 Å². The molecule has 1 saturated heterocycles. The number of ether oxygens (including phenoxy) is 2. The van der Waals surface area contributed by atoms with Gasteiger partial charge in [0.15, 0.2) is 16.1 Å². The van der Waals surface area contributed by atoms with Crippen molar-refractivity contribution in [3.05, 3.63) is 28.1 Å². The maximum Gasteiger partial charge on any atom is 0.341 e. The van der Waals surface area contributed by atoms with E-state index in [1.165, 1.54) is 18.4 Å². The molecule has 0 amide bonds. The molecular weight excluding hydrogens is 462 g/mol. The van der Waals surface area contributed by atoms with Crippen molar-refractivity contribution in [3.63, 3.8) is 0 Å². The number of aromatic nitrogens is 2. The summed E-state index contributed by atoms with van der Waals surface area (Å²) in [5, 5.41) is 15.7. The van der Waals surface area contributed by atoms with Crippen molar-refractivity contribution in [1.82, 2.24) is 10.3 Å². The van der Waals surface area contributed by atoms with Crippen molar-refractivity contribution >= 4 is 62.0 Å². The van der Waals surface area contributed by atoms with Crippen LogP contribution in [-0.2, 0) is 22.3 Å². The standard InChI is InChI=1S/C22H25N5O4S2/c1-29-21(28)17-13-5-3-2-4-6-16(13)33-20(17)24-22(32)23-14-7-8-15(19-18(14)25-31-26-19)27-9-11-30-12-10-27/h7-8H,2-6,9-12H2,1H3,(H2,23,24,32). The number of nitrogens with zero attached hydrogens (tertiary/aromatic N) is 3. The van der Waals surface area contributed by atoms with Gasteiger partial charge in [-0.2, -0.15) is 0 Å². The summed E-state index contributed by atoms with van der Waals surface area (Å²) in [4.78, 5) is 16.0. The molecule has 2 aliphatic rings. The second-order valence-corrected chi connectivity index (χ2v) is 9.55. The second kappa shape index (κ2) is 9.62. The molecule has 1 aromatic carbocycles. The molecule has 0 saturated carbocycles. The summed E-state index contributed by atoms with van der Waals surface area (Å²) < 4.78 is 15.6. The van der Waals surface area contributed by atoms with E-state index >= 15 is 0 Å². The fraction of sp³-hybridized carbons (Fsp3) is 0.455. The smallest absolute Gasteiger partial charge is 0.341 e. The minimum Gasteiger partial charge on any atom is -0.465 e. The number of morpholine rings is 1. The number of nitrogens with one attached hydrogen (secondary N) is 2. The molecule has 0 atom stereocenters. The minimum atomic E-state index is -0.336. The highest BCUT2D eigenvalue weighted by Gasteiger charge is 2.26. The lowest BCUT2D eigenvalue weighted by molar-refractivity contribution is 0.0601. The van der Waals surface area contributed by atoms with Gasteiger partial charge in [-0.25, -0.2) is 9.42 Å². The molecule has 0 radical (unpaired) electrons. The van der Waals surface area contributed by atoms with Crippen LogP contribution in [0.3, 0.4) is 0 Å². The number of esters is 1. The first kappa shape index (κ1) is 22.1. The topological polar surface area (TPSA) is 102 Å². The number of aryl methyl sites for hydroxylation is 1. The minimum absolute atomic E-state index is 0.336. The van der Waals surface area contributed by atoms with Gasteiger partial charge in [-0.3, -0.25) is 0 Å². The molecule has 33 heavy (non-hydrogen) atoms. The van der Waals surface area contributed by atoms with E-state index in [2.05, 4.69) is 25.8 Å². The van der Waals surface area contributed by atoms with Gasteiger partial charge in [-0.15, -0.1) is 11.3 Å². The van der Waals surface area contributed by atoms with Gasteiger partial charge in [0.2, 0.25) is 0 Å². The fourth-order valence-electron chi connectivity index (χ4n) is 4.42. The first-order chi connectivity index (χ1) is 16.2. The molecule has 2 N–H and O–H groups in total. The van der Waals surface area contributed by atoms with Crippen LogP contribution in [-0.4, -0.2) is 54.8 Å². The van der Waals surface area contributed by atoms with Crippen LogP contribution in [0.5, 0.6) is 0 Å². The Morgan fingerprint density at radius 2 is 1.91 bits per heavy atom. The summed E-state index contributed by atoms with van der Waals surface area (Å²) in [6, 6.07) is 3.90. The Morgan fingerprint density at radius 1 is 1.12 bits per heavy atom. The zero-order valence-corrected chi connectivity index (χ0v) is 19.9. The van der Waals surface area contributed by atoms with Gasteiger partial charge in [0.1, 0.15) is 5.00 Å². The van der Waals surface area contributed by atoms with Crippen molar-refractivity contribution < 1.29 is 18.9 Å². The number of anilines is 3.